The number of unbranched alkanes of at least 4 members (excludes halogenated alkanes) is 1. The molecule has 0 amide bonds. The fraction of sp³-hybridized carbons (Fsp3) is 0.667. The van der Waals surface area contributed by atoms with E-state index in [4.69, 9.17) is 5.53 Å². The Labute approximate surface area is 92.5 Å². The smallest absolute Gasteiger partial charge is 0.0260 e. The topological polar surface area (TPSA) is 48.8 Å². The summed E-state index contributed by atoms with van der Waals surface area (Å²) in [5, 5.41) is 3.50. The fourth-order valence-electron chi connectivity index (χ4n) is 1.25. The van der Waals surface area contributed by atoms with Gasteiger partial charge in [-0.2, -0.15) is 0 Å². The molecule has 0 heterocycles. The van der Waals surface area contributed by atoms with Crippen LogP contribution < -0.4 is 0 Å². The van der Waals surface area contributed by atoms with E-state index in [9.17, 15) is 0 Å². The first-order valence-corrected chi connectivity index (χ1v) is 5.46. The Morgan fingerprint density at radius 3 is 2.53 bits per heavy atom. The summed E-state index contributed by atoms with van der Waals surface area (Å²) in [5.74, 6) is 0. The molecule has 0 spiro atoms. The average Bonchev–Trinajstić information content (AvgIpc) is 2.17. The lowest BCUT2D eigenvalue weighted by Gasteiger charge is -1.98. The van der Waals surface area contributed by atoms with E-state index in [1.807, 2.05) is 0 Å². The van der Waals surface area contributed by atoms with Crippen molar-refractivity contribution in [2.45, 2.75) is 46.5 Å². The van der Waals surface area contributed by atoms with Gasteiger partial charge in [-0.1, -0.05) is 28.4 Å². The lowest BCUT2D eigenvalue weighted by molar-refractivity contribution is 0.834. The predicted molar refractivity (Wildman–Crippen MR) is 65.7 cm³/mol. The first-order chi connectivity index (χ1) is 7.16. The summed E-state index contributed by atoms with van der Waals surface area (Å²) in [7, 11) is 0. The van der Waals surface area contributed by atoms with Gasteiger partial charge in [0.1, 0.15) is 0 Å². The quantitative estimate of drug-likeness (QED) is 0.190. The van der Waals surface area contributed by atoms with Crippen molar-refractivity contribution in [3.05, 3.63) is 33.7 Å². The summed E-state index contributed by atoms with van der Waals surface area (Å²) >= 11 is 0. The van der Waals surface area contributed by atoms with E-state index < -0.39 is 0 Å². The molecule has 0 aromatic rings. The third-order valence-electron chi connectivity index (χ3n) is 2.11. The van der Waals surface area contributed by atoms with Crippen molar-refractivity contribution in [1.29, 1.82) is 0 Å². The summed E-state index contributed by atoms with van der Waals surface area (Å²) in [6.45, 7) is 7.01. The van der Waals surface area contributed by atoms with E-state index in [1.165, 1.54) is 11.1 Å². The summed E-state index contributed by atoms with van der Waals surface area (Å²) in [6, 6.07) is 0. The Balaban J connectivity index is 3.60. The van der Waals surface area contributed by atoms with Gasteiger partial charge in [0.2, 0.25) is 0 Å². The van der Waals surface area contributed by atoms with Crippen LogP contribution in [0.2, 0.25) is 0 Å². The summed E-state index contributed by atoms with van der Waals surface area (Å²) < 4.78 is 0. The fourth-order valence-corrected chi connectivity index (χ4v) is 1.25. The number of allylic oxidation sites excluding steroid dienone is 4. The van der Waals surface area contributed by atoms with Crippen molar-refractivity contribution in [1.82, 2.24) is 0 Å². The minimum atomic E-state index is 0.605. The van der Waals surface area contributed by atoms with Gasteiger partial charge >= 0.3 is 0 Å². The molecule has 0 fully saturated rings. The van der Waals surface area contributed by atoms with E-state index in [-0.39, 0.29) is 0 Å². The molecule has 0 bridgehead atoms. The molecule has 0 N–H and O–H groups in total. The summed E-state index contributed by atoms with van der Waals surface area (Å²) in [4.78, 5) is 2.72. The minimum absolute atomic E-state index is 0.605. The minimum Gasteiger partial charge on any atom is -0.0940 e. The Morgan fingerprint density at radius 2 is 1.93 bits per heavy atom. The van der Waals surface area contributed by atoms with Crippen LogP contribution in [0.1, 0.15) is 46.5 Å². The third kappa shape index (κ3) is 10.7. The maximum Gasteiger partial charge on any atom is 0.0260 e. The molecule has 84 valence electrons. The number of nitrogens with zero attached hydrogens (tertiary/aromatic N) is 3. The molecule has 0 aromatic carbocycles. The molecule has 0 aliphatic rings. The molecule has 0 atom stereocenters. The number of hydrogen-bond donors (Lipinski definition) is 0. The molecule has 0 saturated heterocycles. The molecule has 0 unspecified atom stereocenters. The molecule has 0 aliphatic carbocycles. The highest BCUT2D eigenvalue weighted by molar-refractivity contribution is 5.02. The maximum atomic E-state index is 8.08. The van der Waals surface area contributed by atoms with Gasteiger partial charge < -0.3 is 0 Å². The van der Waals surface area contributed by atoms with Gasteiger partial charge in [0.05, 0.1) is 0 Å². The van der Waals surface area contributed by atoms with Gasteiger partial charge in [-0.15, -0.1) is 0 Å². The van der Waals surface area contributed by atoms with Crippen LogP contribution in [0.25, 0.3) is 10.4 Å². The monoisotopic (exact) mass is 207 g/mol. The SMILES string of the molecule is CC(C)=CCC/C(C)=C/CCCN=[N+]=[N-]. The van der Waals surface area contributed by atoms with E-state index in [1.54, 1.807) is 0 Å². The van der Waals surface area contributed by atoms with E-state index in [0.29, 0.717) is 6.54 Å². The second-order valence-corrected chi connectivity index (χ2v) is 3.97. The molecule has 0 aromatic heterocycles. The lowest BCUT2D eigenvalue weighted by atomic mass is 10.1. The van der Waals surface area contributed by atoms with E-state index in [0.717, 1.165) is 25.7 Å². The highest BCUT2D eigenvalue weighted by Crippen LogP contribution is 2.08. The van der Waals surface area contributed by atoms with Crippen molar-refractivity contribution < 1.29 is 0 Å². The first kappa shape index (κ1) is 13.8. The second kappa shape index (κ2) is 9.35. The largest absolute Gasteiger partial charge is 0.0940 e. The van der Waals surface area contributed by atoms with Crippen molar-refractivity contribution in [2.24, 2.45) is 5.11 Å². The first-order valence-electron chi connectivity index (χ1n) is 5.46. The zero-order valence-electron chi connectivity index (χ0n) is 10.0. The van der Waals surface area contributed by atoms with Gasteiger partial charge in [-0.05, 0) is 52.0 Å². The highest BCUT2D eigenvalue weighted by Gasteiger charge is 1.89. The Hall–Kier alpha value is -1.21. The summed E-state index contributed by atoms with van der Waals surface area (Å²) in [5.41, 5.74) is 10.9. The number of hydrogen-bond acceptors (Lipinski definition) is 1. The van der Waals surface area contributed by atoms with E-state index >= 15 is 0 Å². The van der Waals surface area contributed by atoms with Crippen molar-refractivity contribution in [2.75, 3.05) is 6.54 Å². The van der Waals surface area contributed by atoms with Crippen LogP contribution in [0.4, 0.5) is 0 Å². The van der Waals surface area contributed by atoms with Gasteiger partial charge in [0.15, 0.2) is 0 Å². The van der Waals surface area contributed by atoms with Crippen LogP contribution in [-0.4, -0.2) is 6.54 Å². The molecular weight excluding hydrogens is 186 g/mol. The lowest BCUT2D eigenvalue weighted by Crippen LogP contribution is -1.80. The zero-order chi connectivity index (χ0) is 11.5. The van der Waals surface area contributed by atoms with Crippen LogP contribution in [0.15, 0.2) is 28.4 Å². The van der Waals surface area contributed by atoms with Gasteiger partial charge in [-0.3, -0.25) is 0 Å². The van der Waals surface area contributed by atoms with Crippen molar-refractivity contribution in [3.8, 4) is 0 Å². The highest BCUT2D eigenvalue weighted by atomic mass is 15.1. The Morgan fingerprint density at radius 1 is 1.20 bits per heavy atom. The van der Waals surface area contributed by atoms with Crippen molar-refractivity contribution in [3.63, 3.8) is 0 Å². The second-order valence-electron chi connectivity index (χ2n) is 3.97. The maximum absolute atomic E-state index is 8.08. The van der Waals surface area contributed by atoms with Crippen LogP contribution in [0.3, 0.4) is 0 Å². The average molecular weight is 207 g/mol. The normalized spacial score (nSPS) is 10.7. The van der Waals surface area contributed by atoms with Crippen LogP contribution in [-0.2, 0) is 0 Å². The molecular formula is C12H21N3. The molecule has 0 aliphatic heterocycles. The van der Waals surface area contributed by atoms with Gasteiger partial charge in [0.25, 0.3) is 0 Å². The molecule has 0 radical (unpaired) electrons. The molecule has 0 saturated carbocycles. The van der Waals surface area contributed by atoms with Crippen molar-refractivity contribution >= 4 is 0 Å². The number of rotatable bonds is 7. The van der Waals surface area contributed by atoms with Crippen LogP contribution >= 0.6 is 0 Å². The summed E-state index contributed by atoms with van der Waals surface area (Å²) in [6.07, 6.45) is 8.72. The molecule has 3 nitrogen and oxygen atoms in total. The van der Waals surface area contributed by atoms with Gasteiger partial charge in [0, 0.05) is 11.5 Å². The standard InChI is InChI=1S/C12H21N3/c1-11(2)7-6-9-12(3)8-4-5-10-14-15-13/h7-8H,4-6,9-10H2,1-3H3/b12-8+. The predicted octanol–water partition coefficient (Wildman–Crippen LogP) is 4.77. The van der Waals surface area contributed by atoms with Gasteiger partial charge in [-0.25, -0.2) is 0 Å². The molecule has 15 heavy (non-hydrogen) atoms. The molecule has 0 rings (SSSR count). The Kier molecular flexibility index (Phi) is 8.59. The van der Waals surface area contributed by atoms with E-state index in [2.05, 4.69) is 42.9 Å². The van der Waals surface area contributed by atoms with Crippen LogP contribution in [0, 0.1) is 0 Å². The number of azide groups is 1. The third-order valence-corrected chi connectivity index (χ3v) is 2.11. The molecule has 3 heteroatoms. The zero-order valence-corrected chi connectivity index (χ0v) is 10.0. The van der Waals surface area contributed by atoms with Crippen LogP contribution in [0.5, 0.6) is 0 Å². The Bertz CT molecular complexity index is 267.